The Morgan fingerprint density at radius 3 is 2.50 bits per heavy atom. The SMILES string of the molecule is C1=PC2C3C2P13. The molecule has 0 amide bonds. The second-order valence-corrected chi connectivity index (χ2v) is 6.09. The Morgan fingerprint density at radius 2 is 2.33 bits per heavy atom. The molecule has 4 aliphatic rings. The van der Waals surface area contributed by atoms with Crippen LogP contribution in [0.5, 0.6) is 0 Å². The van der Waals surface area contributed by atoms with Gasteiger partial charge in [-0.15, -0.1) is 0 Å². The molecule has 2 atom stereocenters. The lowest BCUT2D eigenvalue weighted by atomic mass is 10.9. The molecule has 2 unspecified atom stereocenters. The van der Waals surface area contributed by atoms with E-state index in [1.165, 1.54) is 17.0 Å². The molecule has 0 aromatic rings. The van der Waals surface area contributed by atoms with E-state index in [4.69, 9.17) is 0 Å². The molecule has 2 heteroatoms. The molecular formula is C4H4P2. The van der Waals surface area contributed by atoms with Crippen molar-refractivity contribution in [3.63, 3.8) is 0 Å². The summed E-state index contributed by atoms with van der Waals surface area (Å²) in [6.07, 6.45) is 0. The fourth-order valence-corrected chi connectivity index (χ4v) is 7.79. The molecule has 1 aliphatic carbocycles. The Labute approximate surface area is 39.5 Å². The van der Waals surface area contributed by atoms with Crippen molar-refractivity contribution in [2.75, 3.05) is 0 Å². The molecule has 0 spiro atoms. The van der Waals surface area contributed by atoms with Crippen molar-refractivity contribution in [2.45, 2.75) is 17.0 Å². The molecule has 0 radical (unpaired) electrons. The Morgan fingerprint density at radius 1 is 1.50 bits per heavy atom. The van der Waals surface area contributed by atoms with Gasteiger partial charge in [0.05, 0.1) is 0 Å². The van der Waals surface area contributed by atoms with Gasteiger partial charge in [-0.05, 0) is 5.54 Å². The lowest BCUT2D eigenvalue weighted by molar-refractivity contribution is 1.48. The van der Waals surface area contributed by atoms with E-state index in [0.717, 1.165) is 0 Å². The second kappa shape index (κ2) is 0.556. The van der Waals surface area contributed by atoms with Crippen LogP contribution in [0.1, 0.15) is 0 Å². The summed E-state index contributed by atoms with van der Waals surface area (Å²) in [6.45, 7) is 0. The fraction of sp³-hybridized carbons (Fsp3) is 0.750. The highest BCUT2D eigenvalue weighted by molar-refractivity contribution is 7.96. The van der Waals surface area contributed by atoms with E-state index < -0.39 is 0 Å². The standard InChI is InChI=1S/C4H4P2/c1-5-2-3-4(2)6(1)3/h1-4H. The summed E-state index contributed by atoms with van der Waals surface area (Å²) in [6, 6.07) is 0. The summed E-state index contributed by atoms with van der Waals surface area (Å²) in [4.78, 5) is 0. The van der Waals surface area contributed by atoms with Gasteiger partial charge in [0.2, 0.25) is 0 Å². The highest BCUT2D eigenvalue weighted by atomic mass is 31.2. The normalized spacial score (nSPS) is 80.0. The Hall–Kier alpha value is 0.600. The van der Waals surface area contributed by atoms with Crippen molar-refractivity contribution in [3.05, 3.63) is 0 Å². The maximum Gasteiger partial charge on any atom is 0.0163 e. The van der Waals surface area contributed by atoms with Gasteiger partial charge >= 0.3 is 0 Å². The van der Waals surface area contributed by atoms with Crippen LogP contribution in [-0.4, -0.2) is 22.5 Å². The van der Waals surface area contributed by atoms with Crippen molar-refractivity contribution in [2.24, 2.45) is 0 Å². The average Bonchev–Trinajstić information content (AvgIpc) is 2.30. The topological polar surface area (TPSA) is 0 Å². The predicted octanol–water partition coefficient (Wildman–Crippen LogP) is 1.32. The van der Waals surface area contributed by atoms with Crippen molar-refractivity contribution in [1.82, 2.24) is 0 Å². The summed E-state index contributed by atoms with van der Waals surface area (Å²) in [5.74, 6) is 0. The van der Waals surface area contributed by atoms with Crippen molar-refractivity contribution in [3.8, 4) is 0 Å². The number of hydrogen-bond donors (Lipinski definition) is 0. The van der Waals surface area contributed by atoms with Crippen LogP contribution >= 0.6 is 16.1 Å². The zero-order chi connectivity index (χ0) is 3.72. The minimum atomic E-state index is 0.624. The van der Waals surface area contributed by atoms with E-state index >= 15 is 0 Å². The molecular weight excluding hydrogens is 110 g/mol. The summed E-state index contributed by atoms with van der Waals surface area (Å²) in [7, 11) is 2.33. The molecule has 6 heavy (non-hydrogen) atoms. The van der Waals surface area contributed by atoms with Crippen molar-refractivity contribution >= 4 is 21.7 Å². The first-order valence-corrected chi connectivity index (χ1v) is 4.87. The van der Waals surface area contributed by atoms with Gasteiger partial charge in [-0.3, -0.25) is 0 Å². The number of hydrogen-bond acceptors (Lipinski definition) is 0. The van der Waals surface area contributed by atoms with Crippen LogP contribution in [0, 0.1) is 0 Å². The zero-order valence-corrected chi connectivity index (χ0v) is 4.99. The number of rotatable bonds is 0. The zero-order valence-electron chi connectivity index (χ0n) is 3.20. The van der Waals surface area contributed by atoms with Gasteiger partial charge in [-0.25, -0.2) is 0 Å². The van der Waals surface area contributed by atoms with Gasteiger partial charge < -0.3 is 0 Å². The summed E-state index contributed by atoms with van der Waals surface area (Å²) < 4.78 is 0. The maximum absolute atomic E-state index is 2.55. The quantitative estimate of drug-likeness (QED) is 0.416. The van der Waals surface area contributed by atoms with E-state index in [0.29, 0.717) is 7.92 Å². The first-order chi connectivity index (χ1) is 2.98. The van der Waals surface area contributed by atoms with Crippen LogP contribution in [0.3, 0.4) is 0 Å². The van der Waals surface area contributed by atoms with Crippen LogP contribution in [0.4, 0.5) is 0 Å². The first-order valence-electron chi connectivity index (χ1n) is 2.29. The van der Waals surface area contributed by atoms with Crippen LogP contribution in [0.25, 0.3) is 0 Å². The maximum atomic E-state index is 2.55. The van der Waals surface area contributed by atoms with Gasteiger partial charge in [0.15, 0.2) is 0 Å². The molecule has 4 rings (SSSR count). The third-order valence-electron chi connectivity index (χ3n) is 1.88. The summed E-state index contributed by atoms with van der Waals surface area (Å²) in [5, 5.41) is 0. The molecule has 3 heterocycles. The van der Waals surface area contributed by atoms with Crippen LogP contribution < -0.4 is 0 Å². The molecule has 3 aliphatic heterocycles. The lowest BCUT2D eigenvalue weighted by Crippen LogP contribution is -1.75. The molecule has 30 valence electrons. The van der Waals surface area contributed by atoms with Gasteiger partial charge in [-0.2, -0.15) is 0 Å². The van der Waals surface area contributed by atoms with Crippen molar-refractivity contribution < 1.29 is 0 Å². The second-order valence-electron chi connectivity index (χ2n) is 2.18. The van der Waals surface area contributed by atoms with E-state index in [1.807, 2.05) is 0 Å². The Bertz CT molecular complexity index is 116. The molecule has 1 saturated carbocycles. The van der Waals surface area contributed by atoms with Crippen molar-refractivity contribution in [1.29, 1.82) is 0 Å². The highest BCUT2D eigenvalue weighted by Crippen LogP contribution is 2.89. The third-order valence-corrected chi connectivity index (χ3v) is 7.25. The molecule has 0 nitrogen and oxygen atoms in total. The molecule has 2 bridgehead atoms. The van der Waals surface area contributed by atoms with Gasteiger partial charge in [0.1, 0.15) is 0 Å². The lowest BCUT2D eigenvalue weighted by Gasteiger charge is -1.84. The van der Waals surface area contributed by atoms with Crippen LogP contribution in [0.15, 0.2) is 0 Å². The average molecular weight is 114 g/mol. The fourth-order valence-electron chi connectivity index (χ4n) is 1.29. The molecule has 0 N–H and O–H groups in total. The van der Waals surface area contributed by atoms with Gasteiger partial charge in [-0.1, -0.05) is 16.1 Å². The van der Waals surface area contributed by atoms with Gasteiger partial charge in [0.25, 0.3) is 0 Å². The molecule has 0 aromatic heterocycles. The predicted molar refractivity (Wildman–Crippen MR) is 31.3 cm³/mol. The molecule has 2 fully saturated rings. The van der Waals surface area contributed by atoms with E-state index in [2.05, 4.69) is 5.54 Å². The minimum Gasteiger partial charge on any atom is -0.0992 e. The largest absolute Gasteiger partial charge is 0.0992 e. The highest BCUT2D eigenvalue weighted by Gasteiger charge is 2.75. The Balaban J connectivity index is 2.35. The summed E-state index contributed by atoms with van der Waals surface area (Å²) >= 11 is 0. The monoisotopic (exact) mass is 114 g/mol. The molecule has 1 saturated heterocycles. The third kappa shape index (κ3) is 0.128. The van der Waals surface area contributed by atoms with E-state index in [9.17, 15) is 0 Å². The van der Waals surface area contributed by atoms with Gasteiger partial charge in [0, 0.05) is 17.0 Å². The van der Waals surface area contributed by atoms with E-state index in [1.54, 1.807) is 8.20 Å². The van der Waals surface area contributed by atoms with E-state index in [-0.39, 0.29) is 0 Å². The van der Waals surface area contributed by atoms with Crippen LogP contribution in [-0.2, 0) is 0 Å². The first kappa shape index (κ1) is 2.80. The molecule has 0 aromatic carbocycles. The summed E-state index contributed by atoms with van der Waals surface area (Å²) in [5.41, 5.74) is 6.36. The Kier molecular flexibility index (Phi) is 0.259. The minimum absolute atomic E-state index is 0.624. The smallest absolute Gasteiger partial charge is 0.0163 e. The van der Waals surface area contributed by atoms with Crippen LogP contribution in [0.2, 0.25) is 0 Å².